The van der Waals surface area contributed by atoms with Gasteiger partial charge in [0.2, 0.25) is 0 Å². The maximum absolute atomic E-state index is 3.94. The maximum atomic E-state index is 3.94. The molecule has 192 valence electrons. The number of nitrogens with zero attached hydrogens (tertiary/aromatic N) is 1. The van der Waals surface area contributed by atoms with Crippen molar-refractivity contribution in [2.45, 2.75) is 104 Å². The fourth-order valence-corrected chi connectivity index (χ4v) is 11.3. The first kappa shape index (κ1) is 26.7. The van der Waals surface area contributed by atoms with Gasteiger partial charge in [-0.25, -0.2) is 0 Å². The van der Waals surface area contributed by atoms with Crippen LogP contribution in [0.3, 0.4) is 0 Å². The molecular formula is C30H50N2S2. The van der Waals surface area contributed by atoms with Gasteiger partial charge in [-0.05, 0) is 98.0 Å². The predicted molar refractivity (Wildman–Crippen MR) is 154 cm³/mol. The first-order chi connectivity index (χ1) is 16.4. The van der Waals surface area contributed by atoms with Crippen LogP contribution in [0.4, 0.5) is 0 Å². The number of hydrogen-bond acceptors (Lipinski definition) is 3. The van der Waals surface area contributed by atoms with Gasteiger partial charge in [-0.15, -0.1) is 0 Å². The molecule has 3 saturated carbocycles. The minimum absolute atomic E-state index is 0.487. The fourth-order valence-electron chi connectivity index (χ4n) is 8.82. The third-order valence-electron chi connectivity index (χ3n) is 10.6. The number of nitrogens with one attached hydrogen (secondary N) is 1. The number of aliphatic imine (C=N–C) groups is 1. The van der Waals surface area contributed by atoms with Crippen LogP contribution in [-0.2, 0) is 0 Å². The highest BCUT2D eigenvalue weighted by molar-refractivity contribution is 8.77. The molecule has 4 aliphatic rings. The quantitative estimate of drug-likeness (QED) is 0.106. The molecule has 0 amide bonds. The zero-order valence-electron chi connectivity index (χ0n) is 22.5. The second kappa shape index (κ2) is 11.8. The van der Waals surface area contributed by atoms with Gasteiger partial charge in [0.1, 0.15) is 0 Å². The number of hydrogen-bond donors (Lipinski definition) is 1. The Morgan fingerprint density at radius 1 is 1.18 bits per heavy atom. The monoisotopic (exact) mass is 502 g/mol. The Balaban J connectivity index is 1.36. The average molecular weight is 503 g/mol. The molecule has 0 aromatic carbocycles. The molecular weight excluding hydrogens is 452 g/mol. The van der Waals surface area contributed by atoms with Gasteiger partial charge in [-0.1, -0.05) is 86.3 Å². The van der Waals surface area contributed by atoms with Crippen LogP contribution in [0.1, 0.15) is 98.3 Å². The van der Waals surface area contributed by atoms with E-state index in [1.165, 1.54) is 70.6 Å². The molecule has 2 nitrogen and oxygen atoms in total. The van der Waals surface area contributed by atoms with E-state index >= 15 is 0 Å². The number of allylic oxidation sites excluding steroid dienone is 2. The molecule has 3 fully saturated rings. The summed E-state index contributed by atoms with van der Waals surface area (Å²) in [5.74, 6) is 5.85. The summed E-state index contributed by atoms with van der Waals surface area (Å²) in [6.45, 7) is 10.3. The van der Waals surface area contributed by atoms with Crippen molar-refractivity contribution in [3.63, 3.8) is 0 Å². The Bertz CT molecular complexity index is 761. The van der Waals surface area contributed by atoms with Crippen LogP contribution in [0, 0.1) is 40.4 Å². The predicted octanol–water partition coefficient (Wildman–Crippen LogP) is 8.90. The van der Waals surface area contributed by atoms with Crippen LogP contribution < -0.4 is 5.32 Å². The highest BCUT2D eigenvalue weighted by atomic mass is 33.1. The molecule has 0 aromatic heterocycles. The molecule has 4 rings (SSSR count). The number of unbranched alkanes of at least 4 members (excludes halogenated alkanes) is 1. The minimum Gasteiger partial charge on any atom is -0.353 e. The highest BCUT2D eigenvalue weighted by Gasteiger charge is 2.59. The molecule has 0 aliphatic heterocycles. The largest absolute Gasteiger partial charge is 0.353 e. The van der Waals surface area contributed by atoms with Crippen LogP contribution in [0.5, 0.6) is 0 Å². The van der Waals surface area contributed by atoms with Crippen LogP contribution in [0.2, 0.25) is 0 Å². The first-order valence-corrected chi connectivity index (χ1v) is 16.6. The molecule has 0 spiro atoms. The summed E-state index contributed by atoms with van der Waals surface area (Å²) in [5, 5.41) is 3.87. The van der Waals surface area contributed by atoms with Crippen molar-refractivity contribution in [1.82, 2.24) is 5.32 Å². The summed E-state index contributed by atoms with van der Waals surface area (Å²) in [5.41, 5.74) is 2.94. The Morgan fingerprint density at radius 2 is 2.03 bits per heavy atom. The van der Waals surface area contributed by atoms with E-state index in [2.05, 4.69) is 61.0 Å². The Hall–Kier alpha value is -0.350. The van der Waals surface area contributed by atoms with E-state index in [0.717, 1.165) is 40.6 Å². The second-order valence-electron chi connectivity index (χ2n) is 12.3. The molecule has 0 bridgehead atoms. The molecule has 0 heterocycles. The Labute approximate surface area is 218 Å². The topological polar surface area (TPSA) is 24.4 Å². The average Bonchev–Trinajstić information content (AvgIpc) is 3.19. The summed E-state index contributed by atoms with van der Waals surface area (Å²) in [4.78, 5) is 3.94. The van der Waals surface area contributed by atoms with Crippen LogP contribution in [-0.4, -0.2) is 24.4 Å². The van der Waals surface area contributed by atoms with Crippen molar-refractivity contribution in [3.8, 4) is 0 Å². The van der Waals surface area contributed by atoms with Gasteiger partial charge in [0.15, 0.2) is 0 Å². The Kier molecular flexibility index (Phi) is 9.27. The van der Waals surface area contributed by atoms with Crippen LogP contribution >= 0.6 is 21.6 Å². The molecule has 8 unspecified atom stereocenters. The normalized spacial score (nSPS) is 40.6. The molecule has 0 aromatic rings. The Morgan fingerprint density at radius 3 is 2.82 bits per heavy atom. The van der Waals surface area contributed by atoms with Crippen molar-refractivity contribution in [1.29, 1.82) is 0 Å². The minimum atomic E-state index is 0.487. The van der Waals surface area contributed by atoms with Gasteiger partial charge < -0.3 is 5.32 Å². The standard InChI is InChI=1S/C30H50N2S2/c1-6-7-9-22(2)26-12-13-27-25-11-10-23-20-24(34-33-19-8-18-32-21-31-5)14-16-29(23,3)28(25)15-17-30(26,27)4/h8,10,18,21-22,24-28H,6-7,9,11-17,19-20H2,1-5H3,(H,31,32)/b18-8+. The van der Waals surface area contributed by atoms with Crippen molar-refractivity contribution >= 4 is 27.9 Å². The second-order valence-corrected chi connectivity index (χ2v) is 15.0. The van der Waals surface area contributed by atoms with Crippen molar-refractivity contribution in [2.75, 3.05) is 12.8 Å². The highest BCUT2D eigenvalue weighted by Crippen LogP contribution is 2.67. The van der Waals surface area contributed by atoms with E-state index in [1.807, 2.05) is 22.6 Å². The zero-order chi connectivity index (χ0) is 24.2. The van der Waals surface area contributed by atoms with Crippen molar-refractivity contribution < 1.29 is 0 Å². The van der Waals surface area contributed by atoms with Gasteiger partial charge in [-0.2, -0.15) is 0 Å². The van der Waals surface area contributed by atoms with E-state index in [-0.39, 0.29) is 0 Å². The molecule has 1 N–H and O–H groups in total. The lowest BCUT2D eigenvalue weighted by molar-refractivity contribution is -0.0496. The van der Waals surface area contributed by atoms with Crippen LogP contribution in [0.15, 0.2) is 28.9 Å². The lowest BCUT2D eigenvalue weighted by Gasteiger charge is -2.58. The van der Waals surface area contributed by atoms with Gasteiger partial charge >= 0.3 is 0 Å². The van der Waals surface area contributed by atoms with E-state index in [0.29, 0.717) is 10.8 Å². The van der Waals surface area contributed by atoms with Crippen molar-refractivity contribution in [2.24, 2.45) is 45.4 Å². The van der Waals surface area contributed by atoms with Crippen molar-refractivity contribution in [3.05, 3.63) is 23.9 Å². The summed E-state index contributed by atoms with van der Waals surface area (Å²) in [7, 11) is 5.94. The SMILES string of the molecule is CCCCC(C)C1CCC2C3CC=C4CC(SSC/C=C/NC=NC)CCC4(C)C3CCC12C. The van der Waals surface area contributed by atoms with E-state index < -0.39 is 0 Å². The van der Waals surface area contributed by atoms with Gasteiger partial charge in [0.05, 0.1) is 6.34 Å². The summed E-state index contributed by atoms with van der Waals surface area (Å²) in [6, 6.07) is 0. The van der Waals surface area contributed by atoms with Gasteiger partial charge in [0.25, 0.3) is 0 Å². The molecule has 4 aliphatic carbocycles. The maximum Gasteiger partial charge on any atom is 0.0859 e. The first-order valence-electron chi connectivity index (χ1n) is 14.2. The van der Waals surface area contributed by atoms with Crippen LogP contribution in [0.25, 0.3) is 0 Å². The molecule has 0 radical (unpaired) electrons. The van der Waals surface area contributed by atoms with E-state index in [4.69, 9.17) is 0 Å². The molecule has 0 saturated heterocycles. The third-order valence-corrected chi connectivity index (χ3v) is 13.4. The molecule has 8 atom stereocenters. The molecule has 34 heavy (non-hydrogen) atoms. The van der Waals surface area contributed by atoms with E-state index in [9.17, 15) is 0 Å². The lowest BCUT2D eigenvalue weighted by Crippen LogP contribution is -2.50. The summed E-state index contributed by atoms with van der Waals surface area (Å²) >= 11 is 0. The zero-order valence-corrected chi connectivity index (χ0v) is 24.2. The summed E-state index contributed by atoms with van der Waals surface area (Å²) in [6.07, 6.45) is 24.5. The smallest absolute Gasteiger partial charge is 0.0859 e. The number of fused-ring (bicyclic) bond motifs is 5. The number of rotatable bonds is 10. The van der Waals surface area contributed by atoms with E-state index in [1.54, 1.807) is 13.4 Å². The van der Waals surface area contributed by atoms with Gasteiger partial charge in [-0.3, -0.25) is 4.99 Å². The lowest BCUT2D eigenvalue weighted by atomic mass is 9.47. The fraction of sp³-hybridized carbons (Fsp3) is 0.833. The van der Waals surface area contributed by atoms with Gasteiger partial charge in [0, 0.05) is 18.1 Å². The third kappa shape index (κ3) is 5.34. The summed E-state index contributed by atoms with van der Waals surface area (Å²) < 4.78 is 0. The molecule has 4 heteroatoms.